The third-order valence-electron chi connectivity index (χ3n) is 7.34. The molecule has 2 aromatic carbocycles. The van der Waals surface area contributed by atoms with Crippen molar-refractivity contribution in [3.8, 4) is 0 Å². The van der Waals surface area contributed by atoms with Gasteiger partial charge in [-0.25, -0.2) is 0 Å². The molecule has 0 fully saturated rings. The van der Waals surface area contributed by atoms with Gasteiger partial charge in [0.25, 0.3) is 0 Å². The zero-order valence-electron chi connectivity index (χ0n) is 23.4. The van der Waals surface area contributed by atoms with Gasteiger partial charge >= 0.3 is 0 Å². The predicted molar refractivity (Wildman–Crippen MR) is 163 cm³/mol. The van der Waals surface area contributed by atoms with Crippen LogP contribution in [0.2, 0.25) is 0 Å². The number of rotatable bonds is 15. The minimum absolute atomic E-state index is 0.0524. The number of carbonyl (C=O) groups is 1. The second-order valence-electron chi connectivity index (χ2n) is 10.5. The lowest BCUT2D eigenvalue weighted by molar-refractivity contribution is -0.116. The molecular weight excluding hydrogens is 480 g/mol. The maximum Gasteiger partial charge on any atom is 0.243 e. The van der Waals surface area contributed by atoms with Gasteiger partial charge < -0.3 is 15.2 Å². The van der Waals surface area contributed by atoms with Gasteiger partial charge in [0.2, 0.25) is 5.91 Å². The number of amides is 1. The summed E-state index contributed by atoms with van der Waals surface area (Å²) in [7, 11) is 0. The average molecular weight is 523 g/mol. The fourth-order valence-corrected chi connectivity index (χ4v) is 4.92. The van der Waals surface area contributed by atoms with Crippen LogP contribution >= 0.6 is 0 Å². The van der Waals surface area contributed by atoms with Crippen molar-refractivity contribution in [3.05, 3.63) is 108 Å². The van der Waals surface area contributed by atoms with E-state index in [1.807, 2.05) is 12.1 Å². The smallest absolute Gasteiger partial charge is 0.243 e. The van der Waals surface area contributed by atoms with E-state index in [4.69, 9.17) is 0 Å². The van der Waals surface area contributed by atoms with Crippen LogP contribution in [0.5, 0.6) is 0 Å². The summed E-state index contributed by atoms with van der Waals surface area (Å²) in [6, 6.07) is 22.0. The second kappa shape index (κ2) is 15.0. The molecule has 0 aliphatic carbocycles. The number of hydrogen-bond donors (Lipinski definition) is 2. The molecule has 39 heavy (non-hydrogen) atoms. The van der Waals surface area contributed by atoms with Crippen LogP contribution in [0.15, 0.2) is 85.3 Å². The van der Waals surface area contributed by atoms with Crippen molar-refractivity contribution in [1.82, 2.24) is 20.2 Å². The van der Waals surface area contributed by atoms with Crippen LogP contribution in [0.25, 0.3) is 17.0 Å². The first-order valence-electron chi connectivity index (χ1n) is 14.3. The molecule has 0 spiro atoms. The van der Waals surface area contributed by atoms with E-state index in [1.54, 1.807) is 24.5 Å². The van der Waals surface area contributed by atoms with Crippen LogP contribution in [0.1, 0.15) is 55.4 Å². The summed E-state index contributed by atoms with van der Waals surface area (Å²) in [6.07, 6.45) is 15.4. The van der Waals surface area contributed by atoms with Gasteiger partial charge in [-0.1, -0.05) is 55.0 Å². The molecule has 0 radical (unpaired) electrons. The van der Waals surface area contributed by atoms with E-state index >= 15 is 0 Å². The topological polar surface area (TPSA) is 61.0 Å². The van der Waals surface area contributed by atoms with Crippen LogP contribution in [0, 0.1) is 0 Å². The summed E-state index contributed by atoms with van der Waals surface area (Å²) in [6.45, 7) is 7.44. The number of pyridine rings is 1. The summed E-state index contributed by atoms with van der Waals surface area (Å²) in [5, 5.41) is 4.31. The molecule has 2 aromatic heterocycles. The summed E-state index contributed by atoms with van der Waals surface area (Å²) in [5.41, 5.74) is 6.35. The first kappa shape index (κ1) is 28.3. The minimum atomic E-state index is -0.0524. The van der Waals surface area contributed by atoms with Crippen LogP contribution in [0.3, 0.4) is 0 Å². The molecule has 0 saturated heterocycles. The van der Waals surface area contributed by atoms with E-state index in [0.29, 0.717) is 12.6 Å². The summed E-state index contributed by atoms with van der Waals surface area (Å²) in [4.78, 5) is 22.0. The molecule has 0 unspecified atom stereocenters. The summed E-state index contributed by atoms with van der Waals surface area (Å²) < 4.78 is 0. The molecule has 0 bridgehead atoms. The maximum atomic E-state index is 11.9. The summed E-state index contributed by atoms with van der Waals surface area (Å²) >= 11 is 0. The fraction of sp³-hybridized carbons (Fsp3) is 0.353. The number of hydrogen-bond acceptors (Lipinski definition) is 3. The van der Waals surface area contributed by atoms with Gasteiger partial charge in [-0.15, -0.1) is 0 Å². The Balaban J connectivity index is 1.11. The Labute approximate surface area is 233 Å². The highest BCUT2D eigenvalue weighted by molar-refractivity contribution is 5.91. The van der Waals surface area contributed by atoms with Gasteiger partial charge in [-0.05, 0) is 86.4 Å². The number of aromatic nitrogens is 2. The van der Waals surface area contributed by atoms with Gasteiger partial charge in [0, 0.05) is 61.2 Å². The Hall–Kier alpha value is -3.70. The van der Waals surface area contributed by atoms with Gasteiger partial charge in [0.15, 0.2) is 0 Å². The molecule has 4 aromatic rings. The quantitative estimate of drug-likeness (QED) is 0.137. The molecule has 0 saturated carbocycles. The van der Waals surface area contributed by atoms with E-state index < -0.39 is 0 Å². The van der Waals surface area contributed by atoms with E-state index in [-0.39, 0.29) is 5.91 Å². The van der Waals surface area contributed by atoms with Crippen molar-refractivity contribution in [2.45, 2.75) is 58.4 Å². The molecule has 2 heterocycles. The highest BCUT2D eigenvalue weighted by Gasteiger charge is 2.11. The van der Waals surface area contributed by atoms with E-state index in [9.17, 15) is 4.79 Å². The number of benzene rings is 2. The molecule has 0 aliphatic rings. The van der Waals surface area contributed by atoms with Crippen molar-refractivity contribution >= 4 is 22.9 Å². The number of nitrogens with one attached hydrogen (secondary N) is 2. The van der Waals surface area contributed by atoms with Crippen molar-refractivity contribution in [2.24, 2.45) is 0 Å². The zero-order valence-corrected chi connectivity index (χ0v) is 23.4. The number of fused-ring (bicyclic) bond motifs is 1. The van der Waals surface area contributed by atoms with Crippen LogP contribution in [-0.2, 0) is 24.1 Å². The van der Waals surface area contributed by atoms with E-state index in [0.717, 1.165) is 57.2 Å². The second-order valence-corrected chi connectivity index (χ2v) is 10.5. The van der Waals surface area contributed by atoms with Gasteiger partial charge in [-0.3, -0.25) is 9.78 Å². The largest absolute Gasteiger partial charge is 0.361 e. The Morgan fingerprint density at radius 3 is 2.46 bits per heavy atom. The Bertz CT molecular complexity index is 1310. The van der Waals surface area contributed by atoms with Gasteiger partial charge in [0.05, 0.1) is 0 Å². The lowest BCUT2D eigenvalue weighted by Crippen LogP contribution is -2.34. The highest BCUT2D eigenvalue weighted by Crippen LogP contribution is 2.19. The third-order valence-corrected chi connectivity index (χ3v) is 7.34. The molecule has 204 valence electrons. The van der Waals surface area contributed by atoms with Gasteiger partial charge in [-0.2, -0.15) is 0 Å². The number of carbonyl (C=O) groups excluding carboxylic acids is 1. The van der Waals surface area contributed by atoms with E-state index in [1.165, 1.54) is 27.6 Å². The zero-order chi connectivity index (χ0) is 27.3. The fourth-order valence-electron chi connectivity index (χ4n) is 4.92. The van der Waals surface area contributed by atoms with Crippen molar-refractivity contribution in [3.63, 3.8) is 0 Å². The number of para-hydroxylation sites is 1. The first-order valence-corrected chi connectivity index (χ1v) is 14.3. The molecule has 5 heteroatoms. The Morgan fingerprint density at radius 1 is 0.923 bits per heavy atom. The standard InChI is InChI=1S/C34H42N4O/c1-27(2)38(24-20-31-26-37-33-12-6-5-11-32(31)33)23-19-29-15-13-28(14-16-29)9-4-3-7-22-36-34(39)18-17-30-10-8-21-35-25-30/h5-6,8,10-18,21,25-27,37H,3-4,7,9,19-20,22-24H2,1-2H3,(H,36,39)/b18-17+. The van der Waals surface area contributed by atoms with E-state index in [2.05, 4.69) is 88.8 Å². The third kappa shape index (κ3) is 9.22. The summed E-state index contributed by atoms with van der Waals surface area (Å²) in [5.74, 6) is -0.0524. The Kier molecular flexibility index (Phi) is 10.9. The molecule has 1 amide bonds. The highest BCUT2D eigenvalue weighted by atomic mass is 16.1. The lowest BCUT2D eigenvalue weighted by Gasteiger charge is -2.26. The molecule has 2 N–H and O–H groups in total. The number of aryl methyl sites for hydroxylation is 1. The van der Waals surface area contributed by atoms with Crippen LogP contribution < -0.4 is 5.32 Å². The average Bonchev–Trinajstić information content (AvgIpc) is 3.38. The molecule has 0 aliphatic heterocycles. The van der Waals surface area contributed by atoms with Crippen LogP contribution in [-0.4, -0.2) is 46.5 Å². The number of nitrogens with zero attached hydrogens (tertiary/aromatic N) is 2. The molecule has 5 nitrogen and oxygen atoms in total. The SMILES string of the molecule is CC(C)N(CCc1ccc(CCCCCNC(=O)/C=C/c2cccnc2)cc1)CCc1c[nH]c2ccccc12. The monoisotopic (exact) mass is 522 g/mol. The number of aromatic amines is 1. The molecule has 4 rings (SSSR count). The van der Waals surface area contributed by atoms with Crippen molar-refractivity contribution in [2.75, 3.05) is 19.6 Å². The number of unbranched alkanes of at least 4 members (excludes halogenated alkanes) is 2. The normalized spacial score (nSPS) is 11.7. The molecular formula is C34H42N4O. The van der Waals surface area contributed by atoms with Gasteiger partial charge in [0.1, 0.15) is 0 Å². The molecule has 0 atom stereocenters. The van der Waals surface area contributed by atoms with Crippen molar-refractivity contribution < 1.29 is 4.79 Å². The van der Waals surface area contributed by atoms with Crippen molar-refractivity contribution in [1.29, 1.82) is 0 Å². The first-order chi connectivity index (χ1) is 19.1. The number of H-pyrrole nitrogens is 1. The Morgan fingerprint density at radius 2 is 1.69 bits per heavy atom. The maximum absolute atomic E-state index is 11.9. The lowest BCUT2D eigenvalue weighted by atomic mass is 10.0. The van der Waals surface area contributed by atoms with Crippen LogP contribution in [0.4, 0.5) is 0 Å². The predicted octanol–water partition coefficient (Wildman–Crippen LogP) is 6.60. The minimum Gasteiger partial charge on any atom is -0.361 e.